The fourth-order valence-electron chi connectivity index (χ4n) is 2.20. The second-order valence-corrected chi connectivity index (χ2v) is 4.62. The summed E-state index contributed by atoms with van der Waals surface area (Å²) in [5.74, 6) is -0.871. The van der Waals surface area contributed by atoms with E-state index in [1.54, 1.807) is 0 Å². The molecule has 0 aromatic heterocycles. The molecular formula is C16H16O2. The highest BCUT2D eigenvalue weighted by Gasteiger charge is 2.15. The van der Waals surface area contributed by atoms with Gasteiger partial charge < -0.3 is 5.11 Å². The van der Waals surface area contributed by atoms with E-state index in [2.05, 4.69) is 0 Å². The van der Waals surface area contributed by atoms with Crippen LogP contribution in [0.15, 0.2) is 36.4 Å². The average Bonchev–Trinajstić information content (AvgIpc) is 2.31. The van der Waals surface area contributed by atoms with Gasteiger partial charge >= 0.3 is 5.97 Å². The minimum absolute atomic E-state index is 0.395. The van der Waals surface area contributed by atoms with Crippen molar-refractivity contribution in [2.45, 2.75) is 20.8 Å². The van der Waals surface area contributed by atoms with E-state index in [1.165, 1.54) is 0 Å². The van der Waals surface area contributed by atoms with Gasteiger partial charge in [-0.1, -0.05) is 42.0 Å². The second kappa shape index (κ2) is 4.65. The Bertz CT molecular complexity index is 612. The molecule has 1 N–H and O–H groups in total. The van der Waals surface area contributed by atoms with Gasteiger partial charge in [-0.25, -0.2) is 4.79 Å². The second-order valence-electron chi connectivity index (χ2n) is 4.62. The largest absolute Gasteiger partial charge is 0.478 e. The maximum atomic E-state index is 11.4. The summed E-state index contributed by atoms with van der Waals surface area (Å²) in [6, 6.07) is 11.7. The Labute approximate surface area is 107 Å². The Balaban J connectivity index is 2.75. The number of hydrogen-bond donors (Lipinski definition) is 1. The van der Waals surface area contributed by atoms with Gasteiger partial charge in [-0.2, -0.15) is 0 Å². The topological polar surface area (TPSA) is 37.3 Å². The van der Waals surface area contributed by atoms with Crippen molar-refractivity contribution in [2.24, 2.45) is 0 Å². The summed E-state index contributed by atoms with van der Waals surface area (Å²) < 4.78 is 0. The lowest BCUT2D eigenvalue weighted by atomic mass is 9.92. The summed E-state index contributed by atoms with van der Waals surface area (Å²) >= 11 is 0. The molecule has 0 saturated heterocycles. The molecular weight excluding hydrogens is 224 g/mol. The SMILES string of the molecule is Cc1ccc(C)c(-c2cccc(C)c2C(=O)O)c1. The zero-order valence-electron chi connectivity index (χ0n) is 10.8. The van der Waals surface area contributed by atoms with Crippen molar-refractivity contribution in [1.82, 2.24) is 0 Å². The average molecular weight is 240 g/mol. The fraction of sp³-hybridized carbons (Fsp3) is 0.188. The number of aromatic carboxylic acids is 1. The van der Waals surface area contributed by atoms with Crippen LogP contribution in [-0.4, -0.2) is 11.1 Å². The van der Waals surface area contributed by atoms with Gasteiger partial charge in [0.2, 0.25) is 0 Å². The fourth-order valence-corrected chi connectivity index (χ4v) is 2.20. The first-order chi connectivity index (χ1) is 8.50. The molecule has 0 radical (unpaired) electrons. The maximum absolute atomic E-state index is 11.4. The van der Waals surface area contributed by atoms with Gasteiger partial charge in [0.15, 0.2) is 0 Å². The third-order valence-corrected chi connectivity index (χ3v) is 3.17. The van der Waals surface area contributed by atoms with Gasteiger partial charge in [0.05, 0.1) is 5.56 Å². The van der Waals surface area contributed by atoms with Crippen molar-refractivity contribution in [2.75, 3.05) is 0 Å². The van der Waals surface area contributed by atoms with Crippen LogP contribution in [0.4, 0.5) is 0 Å². The molecule has 0 amide bonds. The first kappa shape index (κ1) is 12.4. The minimum atomic E-state index is -0.871. The third-order valence-electron chi connectivity index (χ3n) is 3.17. The highest BCUT2D eigenvalue weighted by Crippen LogP contribution is 2.29. The van der Waals surface area contributed by atoms with Crippen LogP contribution in [-0.2, 0) is 0 Å². The summed E-state index contributed by atoms with van der Waals surface area (Å²) in [5, 5.41) is 9.37. The van der Waals surface area contributed by atoms with Crippen LogP contribution >= 0.6 is 0 Å². The van der Waals surface area contributed by atoms with Crippen molar-refractivity contribution in [1.29, 1.82) is 0 Å². The summed E-state index contributed by atoms with van der Waals surface area (Å²) in [6.07, 6.45) is 0. The quantitative estimate of drug-likeness (QED) is 0.862. The molecule has 0 saturated carbocycles. The van der Waals surface area contributed by atoms with E-state index in [0.717, 1.165) is 27.8 Å². The Morgan fingerprint density at radius 1 is 0.944 bits per heavy atom. The van der Waals surface area contributed by atoms with E-state index in [9.17, 15) is 9.90 Å². The van der Waals surface area contributed by atoms with Gasteiger partial charge in [0.25, 0.3) is 0 Å². The van der Waals surface area contributed by atoms with Crippen LogP contribution in [0.3, 0.4) is 0 Å². The van der Waals surface area contributed by atoms with E-state index in [0.29, 0.717) is 5.56 Å². The smallest absolute Gasteiger partial charge is 0.336 e. The van der Waals surface area contributed by atoms with Crippen molar-refractivity contribution < 1.29 is 9.90 Å². The Hall–Kier alpha value is -2.09. The molecule has 0 aliphatic rings. The van der Waals surface area contributed by atoms with Crippen LogP contribution in [0, 0.1) is 20.8 Å². The van der Waals surface area contributed by atoms with E-state index in [4.69, 9.17) is 0 Å². The summed E-state index contributed by atoms with van der Waals surface area (Å²) in [4.78, 5) is 11.4. The predicted octanol–water partition coefficient (Wildman–Crippen LogP) is 3.98. The number of carboxylic acid groups (broad SMARTS) is 1. The lowest BCUT2D eigenvalue weighted by Gasteiger charge is -2.12. The maximum Gasteiger partial charge on any atom is 0.336 e. The van der Waals surface area contributed by atoms with Crippen LogP contribution in [0.5, 0.6) is 0 Å². The molecule has 2 nitrogen and oxygen atoms in total. The molecule has 0 bridgehead atoms. The molecule has 2 aromatic carbocycles. The number of hydrogen-bond acceptors (Lipinski definition) is 1. The van der Waals surface area contributed by atoms with Crippen LogP contribution < -0.4 is 0 Å². The van der Waals surface area contributed by atoms with Gasteiger partial charge in [0, 0.05) is 0 Å². The number of rotatable bonds is 2. The predicted molar refractivity (Wildman–Crippen MR) is 73.0 cm³/mol. The zero-order valence-corrected chi connectivity index (χ0v) is 10.8. The van der Waals surface area contributed by atoms with E-state index >= 15 is 0 Å². The molecule has 2 rings (SSSR count). The van der Waals surface area contributed by atoms with Crippen molar-refractivity contribution >= 4 is 5.97 Å². The van der Waals surface area contributed by atoms with Gasteiger partial charge in [-0.05, 0) is 43.0 Å². The Kier molecular flexibility index (Phi) is 3.19. The summed E-state index contributed by atoms with van der Waals surface area (Å²) in [7, 11) is 0. The number of benzene rings is 2. The molecule has 0 spiro atoms. The highest BCUT2D eigenvalue weighted by molar-refractivity contribution is 5.98. The molecule has 0 heterocycles. The molecule has 2 aromatic rings. The molecule has 0 unspecified atom stereocenters. The Morgan fingerprint density at radius 3 is 2.33 bits per heavy atom. The molecule has 2 heteroatoms. The van der Waals surface area contributed by atoms with E-state index in [1.807, 2.05) is 57.2 Å². The van der Waals surface area contributed by atoms with Crippen molar-refractivity contribution in [3.05, 3.63) is 58.7 Å². The lowest BCUT2D eigenvalue weighted by molar-refractivity contribution is 0.0697. The summed E-state index contributed by atoms with van der Waals surface area (Å²) in [6.45, 7) is 5.85. The van der Waals surface area contributed by atoms with Crippen molar-refractivity contribution in [3.63, 3.8) is 0 Å². The number of aryl methyl sites for hydroxylation is 3. The minimum Gasteiger partial charge on any atom is -0.478 e. The third kappa shape index (κ3) is 2.14. The molecule has 0 aliphatic heterocycles. The molecule has 0 aliphatic carbocycles. The van der Waals surface area contributed by atoms with Gasteiger partial charge in [0.1, 0.15) is 0 Å². The number of carboxylic acids is 1. The first-order valence-electron chi connectivity index (χ1n) is 5.91. The van der Waals surface area contributed by atoms with Crippen LogP contribution in [0.2, 0.25) is 0 Å². The van der Waals surface area contributed by atoms with Crippen molar-refractivity contribution in [3.8, 4) is 11.1 Å². The van der Waals surface area contributed by atoms with Crippen LogP contribution in [0.25, 0.3) is 11.1 Å². The first-order valence-corrected chi connectivity index (χ1v) is 5.91. The van der Waals surface area contributed by atoms with Gasteiger partial charge in [-0.3, -0.25) is 0 Å². The highest BCUT2D eigenvalue weighted by atomic mass is 16.4. The standard InChI is InChI=1S/C16H16O2/c1-10-7-8-11(2)14(9-10)13-6-4-5-12(3)15(13)16(17)18/h4-9H,1-3H3,(H,17,18). The Morgan fingerprint density at radius 2 is 1.67 bits per heavy atom. The molecule has 0 fully saturated rings. The van der Waals surface area contributed by atoms with E-state index in [-0.39, 0.29) is 0 Å². The zero-order chi connectivity index (χ0) is 13.3. The van der Waals surface area contributed by atoms with Gasteiger partial charge in [-0.15, -0.1) is 0 Å². The van der Waals surface area contributed by atoms with E-state index < -0.39 is 5.97 Å². The normalized spacial score (nSPS) is 10.4. The molecule has 92 valence electrons. The summed E-state index contributed by atoms with van der Waals surface area (Å²) in [5.41, 5.74) is 5.20. The number of carbonyl (C=O) groups is 1. The van der Waals surface area contributed by atoms with Crippen LogP contribution in [0.1, 0.15) is 27.0 Å². The molecule has 18 heavy (non-hydrogen) atoms. The molecule has 0 atom stereocenters. The monoisotopic (exact) mass is 240 g/mol. The lowest BCUT2D eigenvalue weighted by Crippen LogP contribution is -2.03.